The number of benzene rings is 1. The number of fused-ring (bicyclic) bond motifs is 1. The van der Waals surface area contributed by atoms with Crippen LogP contribution >= 0.6 is 0 Å². The van der Waals surface area contributed by atoms with Gasteiger partial charge in [0.05, 0.1) is 5.52 Å². The molecule has 0 amide bonds. The summed E-state index contributed by atoms with van der Waals surface area (Å²) in [5, 5.41) is 23.6. The summed E-state index contributed by atoms with van der Waals surface area (Å²) in [6, 6.07) is 4.70. The molecule has 20 heavy (non-hydrogen) atoms. The van der Waals surface area contributed by atoms with Gasteiger partial charge < -0.3 is 15.8 Å². The van der Waals surface area contributed by atoms with Gasteiger partial charge in [0.2, 0.25) is 5.82 Å². The second kappa shape index (κ2) is 4.74. The van der Waals surface area contributed by atoms with E-state index in [1.807, 2.05) is 18.2 Å². The van der Waals surface area contributed by atoms with E-state index in [9.17, 15) is 4.79 Å². The van der Waals surface area contributed by atoms with Crippen molar-refractivity contribution in [1.82, 2.24) is 25.6 Å². The first-order chi connectivity index (χ1) is 9.66. The van der Waals surface area contributed by atoms with Gasteiger partial charge >= 0.3 is 5.97 Å². The lowest BCUT2D eigenvalue weighted by Gasteiger charge is -2.05. The summed E-state index contributed by atoms with van der Waals surface area (Å²) in [6.07, 6.45) is 2.02. The fraction of sp³-hybridized carbons (Fsp3) is 0.167. The number of H-pyrrole nitrogens is 2. The molecule has 0 saturated carbocycles. The number of hydrogen-bond donors (Lipinski definition) is 4. The molecular weight excluding hydrogens is 260 g/mol. The number of aromatic amines is 2. The summed E-state index contributed by atoms with van der Waals surface area (Å²) in [6.45, 7) is 0. The topological polar surface area (TPSA) is 134 Å². The predicted octanol–water partition coefficient (Wildman–Crippen LogP) is 0.302. The van der Waals surface area contributed by atoms with Crippen molar-refractivity contribution in [3.05, 3.63) is 30.0 Å². The zero-order valence-electron chi connectivity index (χ0n) is 10.4. The largest absolute Gasteiger partial charge is 0.480 e. The molecule has 102 valence electrons. The van der Waals surface area contributed by atoms with Crippen LogP contribution in [0.3, 0.4) is 0 Å². The monoisotopic (exact) mass is 272 g/mol. The molecule has 1 aromatic carbocycles. The Morgan fingerprint density at radius 2 is 2.30 bits per heavy atom. The fourth-order valence-electron chi connectivity index (χ4n) is 2.17. The molecule has 0 unspecified atom stereocenters. The molecule has 3 rings (SSSR count). The van der Waals surface area contributed by atoms with E-state index in [4.69, 9.17) is 10.8 Å². The first kappa shape index (κ1) is 12.3. The third-order valence-electron chi connectivity index (χ3n) is 3.14. The Balaban J connectivity index is 2.06. The second-order valence-corrected chi connectivity index (χ2v) is 4.43. The minimum absolute atomic E-state index is 0.255. The Bertz CT molecular complexity index is 748. The molecule has 2 aromatic heterocycles. The van der Waals surface area contributed by atoms with Crippen LogP contribution < -0.4 is 5.73 Å². The predicted molar refractivity (Wildman–Crippen MR) is 70.8 cm³/mol. The Morgan fingerprint density at radius 1 is 1.45 bits per heavy atom. The number of aromatic nitrogens is 5. The van der Waals surface area contributed by atoms with E-state index < -0.39 is 12.0 Å². The number of hydrogen-bond acceptors (Lipinski definition) is 5. The van der Waals surface area contributed by atoms with Crippen LogP contribution in [0.4, 0.5) is 0 Å². The van der Waals surface area contributed by atoms with Gasteiger partial charge in [-0.05, 0) is 16.8 Å². The molecule has 0 bridgehead atoms. The van der Waals surface area contributed by atoms with Crippen LogP contribution in [0.2, 0.25) is 0 Å². The summed E-state index contributed by atoms with van der Waals surface area (Å²) in [4.78, 5) is 14.0. The maximum absolute atomic E-state index is 10.8. The summed E-state index contributed by atoms with van der Waals surface area (Å²) in [7, 11) is 0. The van der Waals surface area contributed by atoms with Crippen LogP contribution in [0.1, 0.15) is 5.56 Å². The third-order valence-corrected chi connectivity index (χ3v) is 3.14. The molecule has 5 N–H and O–H groups in total. The smallest absolute Gasteiger partial charge is 0.320 e. The van der Waals surface area contributed by atoms with Gasteiger partial charge in [0.15, 0.2) is 0 Å². The average molecular weight is 272 g/mol. The summed E-state index contributed by atoms with van der Waals surface area (Å²) in [5.74, 6) is -0.541. The Morgan fingerprint density at radius 3 is 3.00 bits per heavy atom. The molecule has 0 saturated heterocycles. The number of nitrogens with zero attached hydrogens (tertiary/aromatic N) is 3. The van der Waals surface area contributed by atoms with Crippen LogP contribution in [0, 0.1) is 0 Å². The SMILES string of the molecule is N[C@@H](Cc1c[nH]c2c(-c3nn[nH]n3)cccc12)C(=O)O. The van der Waals surface area contributed by atoms with Crippen LogP contribution in [0.15, 0.2) is 24.4 Å². The highest BCUT2D eigenvalue weighted by molar-refractivity contribution is 5.94. The number of tetrazole rings is 1. The highest BCUT2D eigenvalue weighted by atomic mass is 16.4. The van der Waals surface area contributed by atoms with E-state index in [0.717, 1.165) is 22.0 Å². The number of rotatable bonds is 4. The number of carboxylic acid groups (broad SMARTS) is 1. The van der Waals surface area contributed by atoms with Crippen LogP contribution in [-0.2, 0) is 11.2 Å². The minimum atomic E-state index is -1.02. The van der Waals surface area contributed by atoms with Crippen molar-refractivity contribution in [2.24, 2.45) is 5.73 Å². The lowest BCUT2D eigenvalue weighted by molar-refractivity contribution is -0.138. The second-order valence-electron chi connectivity index (χ2n) is 4.43. The Kier molecular flexibility index (Phi) is 2.92. The third kappa shape index (κ3) is 2.01. The number of nitrogens with two attached hydrogens (primary N) is 1. The molecular formula is C12H12N6O2. The number of carbonyl (C=O) groups is 1. The van der Waals surface area contributed by atoms with Gasteiger partial charge in [-0.15, -0.1) is 10.2 Å². The summed E-state index contributed by atoms with van der Waals surface area (Å²) in [5.41, 5.74) is 8.06. The quantitative estimate of drug-likeness (QED) is 0.539. The van der Waals surface area contributed by atoms with Crippen molar-refractivity contribution in [3.8, 4) is 11.4 Å². The molecule has 2 heterocycles. The molecule has 8 nitrogen and oxygen atoms in total. The van der Waals surface area contributed by atoms with E-state index in [1.165, 1.54) is 0 Å². The summed E-state index contributed by atoms with van der Waals surface area (Å²) >= 11 is 0. The van der Waals surface area contributed by atoms with Gasteiger partial charge in [0.25, 0.3) is 0 Å². The van der Waals surface area contributed by atoms with Crippen molar-refractivity contribution in [3.63, 3.8) is 0 Å². The molecule has 1 atom stereocenters. The standard InChI is InChI=1S/C12H12N6O2/c13-9(12(19)20)4-6-5-14-10-7(6)2-1-3-8(10)11-15-17-18-16-11/h1-3,5,9,14H,4,13H2,(H,19,20)(H,15,16,17,18)/t9-/m0/s1. The highest BCUT2D eigenvalue weighted by Gasteiger charge is 2.17. The first-order valence-corrected chi connectivity index (χ1v) is 5.98. The zero-order chi connectivity index (χ0) is 14.1. The molecule has 0 aliphatic carbocycles. The van der Waals surface area contributed by atoms with Crippen molar-refractivity contribution >= 4 is 16.9 Å². The first-order valence-electron chi connectivity index (χ1n) is 5.98. The van der Waals surface area contributed by atoms with Crippen molar-refractivity contribution in [2.45, 2.75) is 12.5 Å². The van der Waals surface area contributed by atoms with Crippen molar-refractivity contribution in [1.29, 1.82) is 0 Å². The molecule has 0 spiro atoms. The van der Waals surface area contributed by atoms with Gasteiger partial charge in [-0.3, -0.25) is 4.79 Å². The Labute approximate surface area is 113 Å². The molecule has 0 radical (unpaired) electrons. The number of nitrogens with one attached hydrogen (secondary N) is 2. The van der Waals surface area contributed by atoms with E-state index in [1.54, 1.807) is 6.20 Å². The van der Waals surface area contributed by atoms with E-state index in [2.05, 4.69) is 25.6 Å². The fourth-order valence-corrected chi connectivity index (χ4v) is 2.17. The number of carboxylic acids is 1. The summed E-state index contributed by atoms with van der Waals surface area (Å²) < 4.78 is 0. The van der Waals surface area contributed by atoms with Gasteiger partial charge in [0.1, 0.15) is 6.04 Å². The van der Waals surface area contributed by atoms with Crippen molar-refractivity contribution < 1.29 is 9.90 Å². The van der Waals surface area contributed by atoms with Crippen LogP contribution in [0.5, 0.6) is 0 Å². The number of para-hydroxylation sites is 1. The van der Waals surface area contributed by atoms with Crippen LogP contribution in [-0.4, -0.2) is 42.7 Å². The lowest BCUT2D eigenvalue weighted by atomic mass is 10.0. The van der Waals surface area contributed by atoms with Gasteiger partial charge in [-0.1, -0.05) is 12.1 Å². The van der Waals surface area contributed by atoms with Gasteiger partial charge in [0, 0.05) is 23.6 Å². The molecule has 0 aliphatic rings. The van der Waals surface area contributed by atoms with Gasteiger partial charge in [-0.2, -0.15) is 5.21 Å². The molecule has 8 heteroatoms. The average Bonchev–Trinajstić information content (AvgIpc) is 3.08. The molecule has 3 aromatic rings. The maximum atomic E-state index is 10.8. The molecule has 0 aliphatic heterocycles. The zero-order valence-corrected chi connectivity index (χ0v) is 10.4. The lowest BCUT2D eigenvalue weighted by Crippen LogP contribution is -2.32. The normalized spacial score (nSPS) is 12.7. The van der Waals surface area contributed by atoms with Crippen LogP contribution in [0.25, 0.3) is 22.3 Å². The maximum Gasteiger partial charge on any atom is 0.320 e. The van der Waals surface area contributed by atoms with Crippen molar-refractivity contribution in [2.75, 3.05) is 0 Å². The minimum Gasteiger partial charge on any atom is -0.480 e. The van der Waals surface area contributed by atoms with Gasteiger partial charge in [-0.25, -0.2) is 0 Å². The highest BCUT2D eigenvalue weighted by Crippen LogP contribution is 2.27. The molecule has 0 fully saturated rings. The van der Waals surface area contributed by atoms with E-state index in [-0.39, 0.29) is 6.42 Å². The van der Waals surface area contributed by atoms with E-state index >= 15 is 0 Å². The Hall–Kier alpha value is -2.74. The van der Waals surface area contributed by atoms with E-state index in [0.29, 0.717) is 5.82 Å². The number of aliphatic carboxylic acids is 1.